The maximum absolute atomic E-state index is 13.3. The Hall–Kier alpha value is -2.52. The van der Waals surface area contributed by atoms with E-state index < -0.39 is 6.17 Å². The van der Waals surface area contributed by atoms with Crippen LogP contribution in [0.1, 0.15) is 12.1 Å². The lowest BCUT2D eigenvalue weighted by molar-refractivity contribution is 0.248. The zero-order chi connectivity index (χ0) is 17.7. The number of amides is 1. The minimum absolute atomic E-state index is 0. The van der Waals surface area contributed by atoms with Gasteiger partial charge in [0.15, 0.2) is 0 Å². The van der Waals surface area contributed by atoms with Crippen molar-refractivity contribution in [3.05, 3.63) is 42.4 Å². The number of aromatic nitrogens is 4. The van der Waals surface area contributed by atoms with E-state index in [-0.39, 0.29) is 18.4 Å². The Morgan fingerprint density at radius 2 is 2.15 bits per heavy atom. The molecule has 7 nitrogen and oxygen atoms in total. The summed E-state index contributed by atoms with van der Waals surface area (Å²) in [6.07, 6.45) is 3.18. The number of pyridine rings is 1. The first-order valence-electron chi connectivity index (χ1n) is 8.36. The molecule has 3 aromatic rings. The second-order valence-electron chi connectivity index (χ2n) is 6.39. The molecule has 5 rings (SSSR count). The van der Waals surface area contributed by atoms with Crippen molar-refractivity contribution < 1.29 is 9.18 Å². The lowest BCUT2D eigenvalue weighted by Gasteiger charge is -2.16. The van der Waals surface area contributed by atoms with Gasteiger partial charge in [-0.25, -0.2) is 14.2 Å². The summed E-state index contributed by atoms with van der Waals surface area (Å²) in [7, 11) is 0. The van der Waals surface area contributed by atoms with Gasteiger partial charge in [-0.2, -0.15) is 14.2 Å². The number of halogens is 2. The fraction of sp³-hybridized carbons (Fsp3) is 0.294. The minimum atomic E-state index is -0.778. The third kappa shape index (κ3) is 3.06. The molecule has 0 unspecified atom stereocenters. The van der Waals surface area contributed by atoms with Crippen LogP contribution in [0.25, 0.3) is 11.3 Å². The molecule has 0 bridgehead atoms. The fourth-order valence-corrected chi connectivity index (χ4v) is 3.95. The molecule has 5 heterocycles. The number of carbonyl (C=O) groups is 1. The van der Waals surface area contributed by atoms with Crippen LogP contribution in [0.4, 0.5) is 20.0 Å². The molecule has 1 atom stereocenters. The van der Waals surface area contributed by atoms with Crippen molar-refractivity contribution in [1.82, 2.24) is 19.1 Å². The van der Waals surface area contributed by atoms with E-state index in [4.69, 9.17) is 0 Å². The number of alkyl halides is 1. The lowest BCUT2D eigenvalue weighted by Crippen LogP contribution is -2.25. The third-order valence-electron chi connectivity index (χ3n) is 4.70. The summed E-state index contributed by atoms with van der Waals surface area (Å²) in [5.74, 6) is 0.771. The molecule has 27 heavy (non-hydrogen) atoms. The fourth-order valence-electron chi connectivity index (χ4n) is 3.35. The second-order valence-corrected chi connectivity index (χ2v) is 7.20. The number of hydrogen-bond acceptors (Lipinski definition) is 6. The summed E-state index contributed by atoms with van der Waals surface area (Å²) in [4.78, 5) is 20.6. The minimum Gasteiger partial charge on any atom is -0.354 e. The van der Waals surface area contributed by atoms with Gasteiger partial charge in [0, 0.05) is 24.5 Å². The largest absolute Gasteiger partial charge is 0.354 e. The van der Waals surface area contributed by atoms with Crippen LogP contribution >= 0.6 is 23.9 Å². The summed E-state index contributed by atoms with van der Waals surface area (Å²) in [6, 6.07) is 7.34. The Balaban J connectivity index is 0.00000180. The van der Waals surface area contributed by atoms with E-state index in [1.54, 1.807) is 17.3 Å². The quantitative estimate of drug-likeness (QED) is 0.667. The molecule has 0 saturated carbocycles. The van der Waals surface area contributed by atoms with Crippen molar-refractivity contribution in [2.24, 2.45) is 0 Å². The van der Waals surface area contributed by atoms with Gasteiger partial charge in [-0.05, 0) is 42.2 Å². The number of nitrogens with zero attached hydrogens (tertiary/aromatic N) is 6. The molecule has 0 aliphatic carbocycles. The topological polar surface area (TPSA) is 67.2 Å². The molecular formula is C17H16ClFN6OS. The van der Waals surface area contributed by atoms with Crippen LogP contribution in [0.5, 0.6) is 0 Å². The highest BCUT2D eigenvalue weighted by Gasteiger charge is 2.31. The van der Waals surface area contributed by atoms with Gasteiger partial charge in [0.25, 0.3) is 0 Å². The summed E-state index contributed by atoms with van der Waals surface area (Å²) in [5, 5.41) is 5.25. The molecule has 3 aromatic heterocycles. The van der Waals surface area contributed by atoms with Gasteiger partial charge in [-0.3, -0.25) is 4.90 Å². The van der Waals surface area contributed by atoms with Crippen LogP contribution in [0.3, 0.4) is 0 Å². The average molecular weight is 407 g/mol. The molecule has 0 aromatic carbocycles. The summed E-state index contributed by atoms with van der Waals surface area (Å²) in [6.45, 7) is 1.56. The molecule has 0 N–H and O–H groups in total. The molecule has 2 aliphatic rings. The van der Waals surface area contributed by atoms with Crippen molar-refractivity contribution in [1.29, 1.82) is 0 Å². The lowest BCUT2D eigenvalue weighted by atomic mass is 10.2. The van der Waals surface area contributed by atoms with E-state index in [0.717, 1.165) is 22.1 Å². The molecule has 2 aliphatic heterocycles. The maximum atomic E-state index is 13.3. The standard InChI is InChI=1S/C17H15FN6OS.ClH/c18-12-4-6-22(9-12)15-2-1-11(8-19-15)14-7-13-10-23(16-3-5-20-26-16)17(25)24(13)21-14;/h1-3,5,7-8,12H,4,6,9-10H2;1H/t12-;/m0./s1. The molecule has 10 heteroatoms. The first-order chi connectivity index (χ1) is 12.7. The van der Waals surface area contributed by atoms with E-state index in [2.05, 4.69) is 14.5 Å². The van der Waals surface area contributed by atoms with Crippen molar-refractivity contribution in [2.45, 2.75) is 19.1 Å². The summed E-state index contributed by atoms with van der Waals surface area (Å²) in [5.41, 5.74) is 2.38. The maximum Gasteiger partial charge on any atom is 0.350 e. The smallest absolute Gasteiger partial charge is 0.350 e. The molecule has 0 spiro atoms. The first kappa shape index (κ1) is 17.9. The van der Waals surface area contributed by atoms with Crippen LogP contribution in [-0.4, -0.2) is 44.4 Å². The highest BCUT2D eigenvalue weighted by molar-refractivity contribution is 7.10. The number of carbonyl (C=O) groups excluding carboxylic acids is 1. The predicted octanol–water partition coefficient (Wildman–Crippen LogP) is 3.36. The Morgan fingerprint density at radius 3 is 2.78 bits per heavy atom. The number of rotatable bonds is 3. The normalized spacial score (nSPS) is 18.7. The number of hydrogen-bond donors (Lipinski definition) is 0. The highest BCUT2D eigenvalue weighted by atomic mass is 35.5. The molecule has 1 saturated heterocycles. The molecule has 1 fully saturated rings. The van der Waals surface area contributed by atoms with E-state index in [0.29, 0.717) is 31.7 Å². The van der Waals surface area contributed by atoms with Crippen LogP contribution < -0.4 is 9.80 Å². The predicted molar refractivity (Wildman–Crippen MR) is 104 cm³/mol. The number of fused-ring (bicyclic) bond motifs is 1. The van der Waals surface area contributed by atoms with Crippen LogP contribution in [0.15, 0.2) is 36.7 Å². The summed E-state index contributed by atoms with van der Waals surface area (Å²) >= 11 is 1.28. The zero-order valence-corrected chi connectivity index (χ0v) is 15.8. The molecule has 1 amide bonds. The first-order valence-corrected chi connectivity index (χ1v) is 9.13. The monoisotopic (exact) mass is 406 g/mol. The van der Waals surface area contributed by atoms with Crippen molar-refractivity contribution >= 4 is 40.8 Å². The van der Waals surface area contributed by atoms with Gasteiger partial charge < -0.3 is 4.90 Å². The number of anilines is 2. The second kappa shape index (κ2) is 6.90. The Bertz CT molecular complexity index is 960. The van der Waals surface area contributed by atoms with E-state index in [1.165, 1.54) is 16.2 Å². The third-order valence-corrected chi connectivity index (χ3v) is 5.47. The van der Waals surface area contributed by atoms with E-state index >= 15 is 0 Å². The van der Waals surface area contributed by atoms with Gasteiger partial charge in [0.2, 0.25) is 0 Å². The van der Waals surface area contributed by atoms with Gasteiger partial charge >= 0.3 is 6.03 Å². The Morgan fingerprint density at radius 1 is 1.26 bits per heavy atom. The van der Waals surface area contributed by atoms with E-state index in [9.17, 15) is 9.18 Å². The Kier molecular flexibility index (Phi) is 4.56. The van der Waals surface area contributed by atoms with Crippen molar-refractivity contribution in [3.63, 3.8) is 0 Å². The molecule has 140 valence electrons. The van der Waals surface area contributed by atoms with E-state index in [1.807, 2.05) is 29.2 Å². The highest BCUT2D eigenvalue weighted by Crippen LogP contribution is 2.30. The van der Waals surface area contributed by atoms with Crippen LogP contribution in [-0.2, 0) is 6.54 Å². The van der Waals surface area contributed by atoms with Gasteiger partial charge in [0.05, 0.1) is 24.5 Å². The van der Waals surface area contributed by atoms with Gasteiger partial charge in [-0.1, -0.05) is 0 Å². The van der Waals surface area contributed by atoms with Crippen LogP contribution in [0.2, 0.25) is 0 Å². The van der Waals surface area contributed by atoms with Crippen molar-refractivity contribution in [3.8, 4) is 11.3 Å². The van der Waals surface area contributed by atoms with Crippen molar-refractivity contribution in [2.75, 3.05) is 22.9 Å². The van der Waals surface area contributed by atoms with Gasteiger partial charge in [-0.15, -0.1) is 12.4 Å². The summed E-state index contributed by atoms with van der Waals surface area (Å²) < 4.78 is 18.8. The SMILES string of the molecule is Cl.O=C1N(c2ccns2)Cc2cc(-c3ccc(N4CC[C@H](F)C4)nc3)nn21. The van der Waals surface area contributed by atoms with Gasteiger partial charge in [0.1, 0.15) is 17.0 Å². The molecule has 0 radical (unpaired) electrons. The van der Waals surface area contributed by atoms with Crippen LogP contribution in [0, 0.1) is 0 Å². The Labute approximate surface area is 165 Å². The zero-order valence-electron chi connectivity index (χ0n) is 14.2. The average Bonchev–Trinajstić information content (AvgIpc) is 3.41. The molecular weight excluding hydrogens is 391 g/mol.